The van der Waals surface area contributed by atoms with Crippen LogP contribution in [0.2, 0.25) is 0 Å². The number of hydrogen-bond acceptors (Lipinski definition) is 7. The molecule has 0 bridgehead atoms. The van der Waals surface area contributed by atoms with Crippen molar-refractivity contribution in [3.63, 3.8) is 0 Å². The fourth-order valence-electron chi connectivity index (χ4n) is 3.41. The Bertz CT molecular complexity index is 657. The minimum absolute atomic E-state index is 0.119. The van der Waals surface area contributed by atoms with E-state index in [1.54, 1.807) is 13.8 Å². The Hall–Kier alpha value is -1.00. The third kappa shape index (κ3) is 6.00. The maximum atomic E-state index is 12.5. The maximum absolute atomic E-state index is 12.5. The van der Waals surface area contributed by atoms with Crippen LogP contribution in [0.3, 0.4) is 0 Å². The van der Waals surface area contributed by atoms with E-state index in [0.717, 1.165) is 25.9 Å². The number of hydrogen-bond donors (Lipinski definition) is 0. The fourth-order valence-corrected chi connectivity index (χ4v) is 4.66. The van der Waals surface area contributed by atoms with Gasteiger partial charge in [0, 0.05) is 26.2 Å². The zero-order valence-corrected chi connectivity index (χ0v) is 18.3. The highest BCUT2D eigenvalue weighted by Gasteiger charge is 2.46. The smallest absolute Gasteiger partial charge is 0.336 e. The monoisotopic (exact) mass is 418 g/mol. The first-order valence-electron chi connectivity index (χ1n) is 9.78. The van der Waals surface area contributed by atoms with Crippen LogP contribution in [0.25, 0.3) is 0 Å². The van der Waals surface area contributed by atoms with E-state index in [0.29, 0.717) is 38.8 Å². The molecule has 0 spiro atoms. The van der Waals surface area contributed by atoms with E-state index >= 15 is 0 Å². The van der Waals surface area contributed by atoms with Crippen molar-refractivity contribution >= 4 is 16.0 Å². The second-order valence-electron chi connectivity index (χ2n) is 7.83. The summed E-state index contributed by atoms with van der Waals surface area (Å²) < 4.78 is 42.7. The summed E-state index contributed by atoms with van der Waals surface area (Å²) in [4.78, 5) is 14.5. The summed E-state index contributed by atoms with van der Waals surface area (Å²) in [6.07, 6.45) is 3.23. The van der Waals surface area contributed by atoms with Crippen LogP contribution in [0.1, 0.15) is 26.7 Å². The molecule has 2 fully saturated rings. The highest BCUT2D eigenvalue weighted by atomic mass is 32.2. The predicted octanol–water partition coefficient (Wildman–Crippen LogP) is 0.883. The standard InChI is InChI=1S/C19H34N2O6S/c1-15(18(22)25-4)19(3,27-13-10-20-8-11-26-12-9-20)16(2)21(28(5,23)24)14-17-6-7-17/h16-17H,1,6-14H2,2-5H3/t16-,19?/m1/s1. The number of carbonyl (C=O) groups excluding carboxylic acids is 1. The minimum Gasteiger partial charge on any atom is -0.466 e. The first-order chi connectivity index (χ1) is 13.1. The zero-order valence-electron chi connectivity index (χ0n) is 17.5. The predicted molar refractivity (Wildman–Crippen MR) is 107 cm³/mol. The molecule has 0 amide bonds. The Balaban J connectivity index is 2.17. The Morgan fingerprint density at radius 1 is 1.36 bits per heavy atom. The molecule has 9 heteroatoms. The summed E-state index contributed by atoms with van der Waals surface area (Å²) in [5, 5.41) is 0. The first kappa shape index (κ1) is 23.3. The van der Waals surface area contributed by atoms with Gasteiger partial charge in [0.05, 0.1) is 44.8 Å². The fraction of sp³-hybridized carbons (Fsp3) is 0.842. The van der Waals surface area contributed by atoms with Crippen molar-refractivity contribution in [3.8, 4) is 0 Å². The molecule has 0 N–H and O–H groups in total. The number of nitrogens with zero attached hydrogens (tertiary/aromatic N) is 2. The van der Waals surface area contributed by atoms with Crippen molar-refractivity contribution in [2.45, 2.75) is 38.3 Å². The van der Waals surface area contributed by atoms with Crippen molar-refractivity contribution in [2.24, 2.45) is 5.92 Å². The number of rotatable bonds is 11. The molecular weight excluding hydrogens is 384 g/mol. The number of ether oxygens (including phenoxy) is 3. The van der Waals surface area contributed by atoms with Gasteiger partial charge in [0.15, 0.2) is 0 Å². The molecule has 0 aromatic heterocycles. The summed E-state index contributed by atoms with van der Waals surface area (Å²) >= 11 is 0. The van der Waals surface area contributed by atoms with E-state index < -0.39 is 27.6 Å². The van der Waals surface area contributed by atoms with E-state index in [4.69, 9.17) is 14.2 Å². The molecule has 8 nitrogen and oxygen atoms in total. The molecule has 1 heterocycles. The second-order valence-corrected chi connectivity index (χ2v) is 9.77. The Labute approximate surface area is 168 Å². The SMILES string of the molecule is C=C(C(=O)OC)C(C)(OCCN1CCOCC1)[C@@H](C)N(CC1CC1)S(C)(=O)=O. The average Bonchev–Trinajstić information content (AvgIpc) is 3.48. The average molecular weight is 419 g/mol. The van der Waals surface area contributed by atoms with Gasteiger partial charge in [0.1, 0.15) is 5.60 Å². The lowest BCUT2D eigenvalue weighted by Crippen LogP contribution is -2.56. The third-order valence-corrected chi connectivity index (χ3v) is 7.05. The number of sulfonamides is 1. The maximum Gasteiger partial charge on any atom is 0.336 e. The Kier molecular flexibility index (Phi) is 8.04. The van der Waals surface area contributed by atoms with Crippen molar-refractivity contribution in [1.82, 2.24) is 9.21 Å². The normalized spacial score (nSPS) is 21.9. The molecule has 2 rings (SSSR count). The lowest BCUT2D eigenvalue weighted by molar-refractivity contribution is -0.141. The van der Waals surface area contributed by atoms with Gasteiger partial charge in [-0.05, 0) is 32.6 Å². The zero-order chi connectivity index (χ0) is 20.9. The van der Waals surface area contributed by atoms with Crippen LogP contribution in [0.15, 0.2) is 12.2 Å². The number of morpholine rings is 1. The van der Waals surface area contributed by atoms with Gasteiger partial charge in [-0.25, -0.2) is 13.2 Å². The summed E-state index contributed by atoms with van der Waals surface area (Å²) in [6, 6.07) is -0.598. The molecule has 1 unspecified atom stereocenters. The molecule has 2 aliphatic rings. The molecule has 0 radical (unpaired) electrons. The van der Waals surface area contributed by atoms with E-state index in [-0.39, 0.29) is 5.57 Å². The molecular formula is C19H34N2O6S. The molecule has 0 aromatic carbocycles. The van der Waals surface area contributed by atoms with Gasteiger partial charge in [0.25, 0.3) is 0 Å². The van der Waals surface area contributed by atoms with Crippen LogP contribution in [0, 0.1) is 5.92 Å². The summed E-state index contributed by atoms with van der Waals surface area (Å²) in [7, 11) is -2.20. The summed E-state index contributed by atoms with van der Waals surface area (Å²) in [5.74, 6) is -0.234. The van der Waals surface area contributed by atoms with Crippen molar-refractivity contribution in [2.75, 3.05) is 59.4 Å². The van der Waals surface area contributed by atoms with E-state index in [2.05, 4.69) is 11.5 Å². The highest BCUT2D eigenvalue weighted by molar-refractivity contribution is 7.88. The molecule has 1 saturated carbocycles. The van der Waals surface area contributed by atoms with E-state index in [1.807, 2.05) is 0 Å². The largest absolute Gasteiger partial charge is 0.466 e. The summed E-state index contributed by atoms with van der Waals surface area (Å²) in [5.41, 5.74) is -1.08. The first-order valence-corrected chi connectivity index (χ1v) is 11.6. The molecule has 2 atom stereocenters. The molecule has 1 aliphatic heterocycles. The quantitative estimate of drug-likeness (QED) is 0.364. The van der Waals surface area contributed by atoms with Gasteiger partial charge in [-0.1, -0.05) is 6.58 Å². The Morgan fingerprint density at radius 3 is 2.46 bits per heavy atom. The van der Waals surface area contributed by atoms with E-state index in [1.165, 1.54) is 17.7 Å². The van der Waals surface area contributed by atoms with Crippen LogP contribution in [-0.4, -0.2) is 94.6 Å². The van der Waals surface area contributed by atoms with Crippen LogP contribution in [0.4, 0.5) is 0 Å². The minimum atomic E-state index is -3.48. The number of esters is 1. The molecule has 0 aromatic rings. The number of carbonyl (C=O) groups is 1. The van der Waals surface area contributed by atoms with Crippen LogP contribution in [-0.2, 0) is 29.0 Å². The van der Waals surface area contributed by atoms with Gasteiger partial charge < -0.3 is 14.2 Å². The van der Waals surface area contributed by atoms with Gasteiger partial charge in [-0.3, -0.25) is 4.90 Å². The van der Waals surface area contributed by atoms with E-state index in [9.17, 15) is 13.2 Å². The number of methoxy groups -OCH3 is 1. The lowest BCUT2D eigenvalue weighted by Gasteiger charge is -2.42. The second kappa shape index (κ2) is 9.67. The Morgan fingerprint density at radius 2 is 1.96 bits per heavy atom. The molecule has 162 valence electrons. The molecule has 1 aliphatic carbocycles. The van der Waals surface area contributed by atoms with Gasteiger partial charge in [-0.15, -0.1) is 0 Å². The van der Waals surface area contributed by atoms with Gasteiger partial charge in [0.2, 0.25) is 10.0 Å². The van der Waals surface area contributed by atoms with Crippen LogP contribution >= 0.6 is 0 Å². The van der Waals surface area contributed by atoms with Crippen molar-refractivity contribution < 1.29 is 27.4 Å². The van der Waals surface area contributed by atoms with Crippen LogP contribution in [0.5, 0.6) is 0 Å². The molecule has 1 saturated heterocycles. The lowest BCUT2D eigenvalue weighted by atomic mass is 9.89. The van der Waals surface area contributed by atoms with Gasteiger partial charge in [-0.2, -0.15) is 4.31 Å². The van der Waals surface area contributed by atoms with Gasteiger partial charge >= 0.3 is 5.97 Å². The molecule has 28 heavy (non-hydrogen) atoms. The van der Waals surface area contributed by atoms with Crippen molar-refractivity contribution in [3.05, 3.63) is 12.2 Å². The topological polar surface area (TPSA) is 85.4 Å². The highest BCUT2D eigenvalue weighted by Crippen LogP contribution is 2.35. The third-order valence-electron chi connectivity index (χ3n) is 5.73. The summed E-state index contributed by atoms with van der Waals surface area (Å²) in [6.45, 7) is 11.8. The van der Waals surface area contributed by atoms with Crippen LogP contribution < -0.4 is 0 Å². The van der Waals surface area contributed by atoms with Crippen molar-refractivity contribution in [1.29, 1.82) is 0 Å².